The van der Waals surface area contributed by atoms with Gasteiger partial charge in [0.15, 0.2) is 5.76 Å². The molecule has 1 aromatic carbocycles. The molecular weight excluding hydrogens is 282 g/mol. The van der Waals surface area contributed by atoms with Gasteiger partial charge < -0.3 is 19.5 Å². The molecule has 1 aromatic heterocycles. The Morgan fingerprint density at radius 1 is 1.32 bits per heavy atom. The molecule has 0 saturated carbocycles. The highest BCUT2D eigenvalue weighted by molar-refractivity contribution is 5.74. The van der Waals surface area contributed by atoms with E-state index < -0.39 is 0 Å². The van der Waals surface area contributed by atoms with Crippen LogP contribution in [0.3, 0.4) is 0 Å². The van der Waals surface area contributed by atoms with E-state index in [4.69, 9.17) is 9.26 Å². The normalized spacial score (nSPS) is 10.3. The third kappa shape index (κ3) is 3.78. The van der Waals surface area contributed by atoms with Gasteiger partial charge in [-0.05, 0) is 38.1 Å². The van der Waals surface area contributed by atoms with Crippen molar-refractivity contribution in [2.24, 2.45) is 0 Å². The topological polar surface area (TPSA) is 67.6 Å². The van der Waals surface area contributed by atoms with Gasteiger partial charge >= 0.3 is 6.03 Å². The van der Waals surface area contributed by atoms with Crippen LogP contribution in [0, 0.1) is 0 Å². The van der Waals surface area contributed by atoms with E-state index in [1.54, 1.807) is 12.0 Å². The molecule has 0 unspecified atom stereocenters. The highest BCUT2D eigenvalue weighted by Gasteiger charge is 2.14. The quantitative estimate of drug-likeness (QED) is 0.891. The molecule has 2 amide bonds. The van der Waals surface area contributed by atoms with Crippen LogP contribution in [0.4, 0.5) is 4.79 Å². The molecule has 118 valence electrons. The summed E-state index contributed by atoms with van der Waals surface area (Å²) in [5.41, 5.74) is 1.64. The van der Waals surface area contributed by atoms with E-state index in [0.29, 0.717) is 25.4 Å². The van der Waals surface area contributed by atoms with Crippen LogP contribution in [0.25, 0.3) is 11.3 Å². The standard InChI is InChI=1S/C16H21N3O3/c1-4-17-16(20)19(5-2)11-13-10-15(22-18-13)12-6-8-14(21-3)9-7-12/h6-10H,4-5,11H2,1-3H3,(H,17,20). The van der Waals surface area contributed by atoms with E-state index in [1.165, 1.54) is 0 Å². The number of hydrogen-bond acceptors (Lipinski definition) is 4. The van der Waals surface area contributed by atoms with E-state index in [1.807, 2.05) is 44.2 Å². The van der Waals surface area contributed by atoms with Crippen molar-refractivity contribution in [3.63, 3.8) is 0 Å². The van der Waals surface area contributed by atoms with Crippen molar-refractivity contribution in [2.75, 3.05) is 20.2 Å². The van der Waals surface area contributed by atoms with Gasteiger partial charge in [-0.1, -0.05) is 5.16 Å². The van der Waals surface area contributed by atoms with Crippen LogP contribution < -0.4 is 10.1 Å². The number of benzene rings is 1. The Morgan fingerprint density at radius 2 is 2.05 bits per heavy atom. The average molecular weight is 303 g/mol. The van der Waals surface area contributed by atoms with Crippen molar-refractivity contribution < 1.29 is 14.1 Å². The Hall–Kier alpha value is -2.50. The zero-order chi connectivity index (χ0) is 15.9. The number of nitrogens with one attached hydrogen (secondary N) is 1. The van der Waals surface area contributed by atoms with Gasteiger partial charge in [-0.3, -0.25) is 0 Å². The molecule has 0 aliphatic carbocycles. The summed E-state index contributed by atoms with van der Waals surface area (Å²) < 4.78 is 10.5. The Morgan fingerprint density at radius 3 is 2.64 bits per heavy atom. The SMILES string of the molecule is CCNC(=O)N(CC)Cc1cc(-c2ccc(OC)cc2)on1. The number of amides is 2. The van der Waals surface area contributed by atoms with Gasteiger partial charge in [0.2, 0.25) is 0 Å². The molecule has 1 heterocycles. The highest BCUT2D eigenvalue weighted by atomic mass is 16.5. The van der Waals surface area contributed by atoms with Gasteiger partial charge in [-0.25, -0.2) is 4.79 Å². The van der Waals surface area contributed by atoms with E-state index in [9.17, 15) is 4.79 Å². The predicted octanol–water partition coefficient (Wildman–Crippen LogP) is 2.90. The van der Waals surface area contributed by atoms with Crippen molar-refractivity contribution in [3.8, 4) is 17.1 Å². The van der Waals surface area contributed by atoms with Gasteiger partial charge in [-0.15, -0.1) is 0 Å². The fraction of sp³-hybridized carbons (Fsp3) is 0.375. The van der Waals surface area contributed by atoms with Gasteiger partial charge in [0, 0.05) is 24.7 Å². The molecule has 2 aromatic rings. The average Bonchev–Trinajstić information content (AvgIpc) is 3.01. The van der Waals surface area contributed by atoms with Crippen LogP contribution in [0.15, 0.2) is 34.9 Å². The van der Waals surface area contributed by atoms with Gasteiger partial charge in [0.1, 0.15) is 11.4 Å². The molecule has 0 bridgehead atoms. The fourth-order valence-corrected chi connectivity index (χ4v) is 2.06. The van der Waals surface area contributed by atoms with Crippen molar-refractivity contribution in [1.82, 2.24) is 15.4 Å². The summed E-state index contributed by atoms with van der Waals surface area (Å²) in [6.07, 6.45) is 0. The van der Waals surface area contributed by atoms with Crippen LogP contribution in [0.2, 0.25) is 0 Å². The maximum atomic E-state index is 11.9. The number of hydrogen-bond donors (Lipinski definition) is 1. The summed E-state index contributed by atoms with van der Waals surface area (Å²) in [7, 11) is 1.63. The first-order valence-electron chi connectivity index (χ1n) is 7.30. The van der Waals surface area contributed by atoms with Crippen LogP contribution in [0.1, 0.15) is 19.5 Å². The number of carbonyl (C=O) groups is 1. The summed E-state index contributed by atoms with van der Waals surface area (Å²) in [5.74, 6) is 1.46. The summed E-state index contributed by atoms with van der Waals surface area (Å²) in [6, 6.07) is 9.30. The molecule has 0 fully saturated rings. The van der Waals surface area contributed by atoms with E-state index >= 15 is 0 Å². The predicted molar refractivity (Wildman–Crippen MR) is 83.6 cm³/mol. The third-order valence-electron chi connectivity index (χ3n) is 3.28. The number of methoxy groups -OCH3 is 1. The summed E-state index contributed by atoms with van der Waals surface area (Å²) in [6.45, 7) is 5.45. The number of rotatable bonds is 6. The molecule has 0 spiro atoms. The largest absolute Gasteiger partial charge is 0.497 e. The smallest absolute Gasteiger partial charge is 0.317 e. The lowest BCUT2D eigenvalue weighted by atomic mass is 10.1. The van der Waals surface area contributed by atoms with Crippen molar-refractivity contribution in [3.05, 3.63) is 36.0 Å². The van der Waals surface area contributed by atoms with Crippen LogP contribution in [-0.4, -0.2) is 36.3 Å². The molecule has 6 nitrogen and oxygen atoms in total. The first kappa shape index (κ1) is 15.9. The monoisotopic (exact) mass is 303 g/mol. The van der Waals surface area contributed by atoms with E-state index in [2.05, 4.69) is 10.5 Å². The zero-order valence-corrected chi connectivity index (χ0v) is 13.1. The number of nitrogens with zero attached hydrogens (tertiary/aromatic N) is 2. The molecule has 0 aliphatic heterocycles. The first-order valence-corrected chi connectivity index (χ1v) is 7.30. The van der Waals surface area contributed by atoms with Crippen LogP contribution in [-0.2, 0) is 6.54 Å². The Labute approximate surface area is 130 Å². The Balaban J connectivity index is 2.08. The minimum atomic E-state index is -0.0982. The molecule has 2 rings (SSSR count). The number of aromatic nitrogens is 1. The van der Waals surface area contributed by atoms with Gasteiger partial charge in [0.25, 0.3) is 0 Å². The number of carbonyl (C=O) groups excluding carboxylic acids is 1. The molecule has 0 atom stereocenters. The molecular formula is C16H21N3O3. The lowest BCUT2D eigenvalue weighted by molar-refractivity contribution is 0.197. The molecule has 0 radical (unpaired) electrons. The van der Waals surface area contributed by atoms with Crippen molar-refractivity contribution in [1.29, 1.82) is 0 Å². The summed E-state index contributed by atoms with van der Waals surface area (Å²) in [4.78, 5) is 13.5. The van der Waals surface area contributed by atoms with Crippen molar-refractivity contribution >= 4 is 6.03 Å². The number of urea groups is 1. The Bertz CT molecular complexity index is 607. The van der Waals surface area contributed by atoms with E-state index in [0.717, 1.165) is 17.0 Å². The third-order valence-corrected chi connectivity index (χ3v) is 3.28. The second kappa shape index (κ2) is 7.49. The molecule has 1 N–H and O–H groups in total. The molecule has 0 saturated heterocycles. The maximum Gasteiger partial charge on any atom is 0.317 e. The van der Waals surface area contributed by atoms with Crippen molar-refractivity contribution in [2.45, 2.75) is 20.4 Å². The lowest BCUT2D eigenvalue weighted by Crippen LogP contribution is -2.39. The van der Waals surface area contributed by atoms with Crippen LogP contribution >= 0.6 is 0 Å². The number of ether oxygens (including phenoxy) is 1. The van der Waals surface area contributed by atoms with Gasteiger partial charge in [-0.2, -0.15) is 0 Å². The molecule has 6 heteroatoms. The minimum Gasteiger partial charge on any atom is -0.497 e. The first-order chi connectivity index (χ1) is 10.7. The zero-order valence-electron chi connectivity index (χ0n) is 13.1. The van der Waals surface area contributed by atoms with E-state index in [-0.39, 0.29) is 6.03 Å². The lowest BCUT2D eigenvalue weighted by Gasteiger charge is -2.19. The second-order valence-electron chi connectivity index (χ2n) is 4.76. The summed E-state index contributed by atoms with van der Waals surface area (Å²) >= 11 is 0. The molecule has 0 aliphatic rings. The van der Waals surface area contributed by atoms with Crippen LogP contribution in [0.5, 0.6) is 5.75 Å². The maximum absolute atomic E-state index is 11.9. The highest BCUT2D eigenvalue weighted by Crippen LogP contribution is 2.23. The second-order valence-corrected chi connectivity index (χ2v) is 4.76. The summed E-state index contributed by atoms with van der Waals surface area (Å²) in [5, 5.41) is 6.82. The fourth-order valence-electron chi connectivity index (χ4n) is 2.06. The molecule has 22 heavy (non-hydrogen) atoms. The van der Waals surface area contributed by atoms with Gasteiger partial charge in [0.05, 0.1) is 13.7 Å². The minimum absolute atomic E-state index is 0.0982. The Kier molecular flexibility index (Phi) is 5.41.